The molecule has 0 unspecified atom stereocenters. The lowest BCUT2D eigenvalue weighted by molar-refractivity contribution is 1.50. The van der Waals surface area contributed by atoms with Crippen LogP contribution in [0.5, 0.6) is 0 Å². The van der Waals surface area contributed by atoms with E-state index < -0.39 is 0 Å². The van der Waals surface area contributed by atoms with Gasteiger partial charge < -0.3 is 0 Å². The van der Waals surface area contributed by atoms with E-state index >= 15 is 0 Å². The molecule has 0 bridgehead atoms. The van der Waals surface area contributed by atoms with Gasteiger partial charge in [-0.15, -0.1) is 13.2 Å². The van der Waals surface area contributed by atoms with Crippen molar-refractivity contribution in [3.05, 3.63) is 50.1 Å². The quantitative estimate of drug-likeness (QED) is 0.359. The molecule has 0 aliphatic heterocycles. The van der Waals surface area contributed by atoms with Gasteiger partial charge >= 0.3 is 0 Å². The molecule has 0 aliphatic carbocycles. The van der Waals surface area contributed by atoms with Crippen LogP contribution in [-0.2, 0) is 0 Å². The maximum atomic E-state index is 3.46. The largest absolute Gasteiger partial charge is 0.103 e. The Morgan fingerprint density at radius 2 is 0.867 bits per heavy atom. The van der Waals surface area contributed by atoms with Gasteiger partial charge in [0.25, 0.3) is 0 Å². The number of hydrogen-bond acceptors (Lipinski definition) is 0. The summed E-state index contributed by atoms with van der Waals surface area (Å²) in [6.07, 6.45) is 9.08. The topological polar surface area (TPSA) is 0 Å². The van der Waals surface area contributed by atoms with E-state index in [0.717, 1.165) is 0 Å². The molecule has 0 aliphatic rings. The summed E-state index contributed by atoms with van der Waals surface area (Å²) >= 11 is 0. The van der Waals surface area contributed by atoms with Crippen LogP contribution in [0, 0.1) is 0 Å². The Balaban J connectivity index is -0.0000000296. The average Bonchev–Trinajstić information content (AvgIpc) is 2.27. The second-order valence-electron chi connectivity index (χ2n) is 1.58. The minimum absolute atomic E-state index is 1.75. The zero-order valence-corrected chi connectivity index (χ0v) is 12.0. The zero-order chi connectivity index (χ0) is 13.5. The first-order valence-electron chi connectivity index (χ1n) is 5.62. The molecule has 0 radical (unpaired) electrons. The van der Waals surface area contributed by atoms with Crippen LogP contribution in [0.3, 0.4) is 0 Å². The fourth-order valence-corrected chi connectivity index (χ4v) is 0.136. The molecule has 0 heteroatoms. The minimum atomic E-state index is 1.75. The Bertz CT molecular complexity index is 90.6. The highest BCUT2D eigenvalue weighted by Gasteiger charge is 1.42. The van der Waals surface area contributed by atoms with E-state index in [9.17, 15) is 0 Å². The second kappa shape index (κ2) is 118. The number of allylic oxidation sites excluding steroid dienone is 5. The van der Waals surface area contributed by atoms with Gasteiger partial charge in [0.05, 0.1) is 0 Å². The molecule has 0 N–H and O–H groups in total. The summed E-state index contributed by atoms with van der Waals surface area (Å²) in [5.74, 6) is 0. The van der Waals surface area contributed by atoms with E-state index in [1.807, 2.05) is 60.6 Å². The molecule has 0 atom stereocenters. The fraction of sp³-hybridized carbons (Fsp3) is 0.467. The molecular weight excluding hydrogens is 180 g/mol. The SMILES string of the molecule is C=C/C=C\C.C=CC.C=CC.CC.CC. The van der Waals surface area contributed by atoms with Gasteiger partial charge in [-0.1, -0.05) is 64.7 Å². The first-order chi connectivity index (χ1) is 7.24. The standard InChI is InChI=1S/C5H8.2C3H6.2C2H6/c1-3-5-4-2;2*1-3-2;2*1-2/h3-5H,1H2,2H3;2*3H,1H2,2H3;2*1-2H3/b5-4-;;;;. The van der Waals surface area contributed by atoms with E-state index in [1.54, 1.807) is 18.2 Å². The monoisotopic (exact) mass is 212 g/mol. The van der Waals surface area contributed by atoms with Crippen molar-refractivity contribution >= 4 is 0 Å². The van der Waals surface area contributed by atoms with Crippen molar-refractivity contribution < 1.29 is 0 Å². The maximum Gasteiger partial charge on any atom is -0.0467 e. The van der Waals surface area contributed by atoms with Crippen LogP contribution in [0.4, 0.5) is 0 Å². The number of hydrogen-bond donors (Lipinski definition) is 0. The minimum Gasteiger partial charge on any atom is -0.103 e. The predicted octanol–water partition coefficient (Wildman–Crippen LogP) is 6.19. The molecule has 0 spiro atoms. The lowest BCUT2D eigenvalue weighted by atomic mass is 10.5. The Morgan fingerprint density at radius 3 is 0.867 bits per heavy atom. The highest BCUT2D eigenvalue weighted by molar-refractivity contribution is 4.94. The van der Waals surface area contributed by atoms with Crippen molar-refractivity contribution in [3.8, 4) is 0 Å². The molecule has 0 aromatic carbocycles. The van der Waals surface area contributed by atoms with Crippen LogP contribution in [0.1, 0.15) is 48.5 Å². The average molecular weight is 212 g/mol. The molecule has 0 nitrogen and oxygen atoms in total. The Morgan fingerprint density at radius 1 is 0.667 bits per heavy atom. The van der Waals surface area contributed by atoms with Gasteiger partial charge in [-0.25, -0.2) is 0 Å². The Hall–Kier alpha value is -1.04. The highest BCUT2D eigenvalue weighted by Crippen LogP contribution is 1.64. The van der Waals surface area contributed by atoms with Crippen LogP contribution in [0.25, 0.3) is 0 Å². The summed E-state index contributed by atoms with van der Waals surface area (Å²) in [6, 6.07) is 0. The van der Waals surface area contributed by atoms with Crippen molar-refractivity contribution in [2.45, 2.75) is 48.5 Å². The van der Waals surface area contributed by atoms with Crippen molar-refractivity contribution in [1.82, 2.24) is 0 Å². The van der Waals surface area contributed by atoms with Crippen LogP contribution >= 0.6 is 0 Å². The molecule has 0 fully saturated rings. The van der Waals surface area contributed by atoms with Gasteiger partial charge in [0.2, 0.25) is 0 Å². The van der Waals surface area contributed by atoms with Gasteiger partial charge in [-0.3, -0.25) is 0 Å². The van der Waals surface area contributed by atoms with Gasteiger partial charge in [0.1, 0.15) is 0 Å². The summed E-state index contributed by atoms with van der Waals surface area (Å²) in [4.78, 5) is 0. The molecule has 0 saturated heterocycles. The molecule has 0 aromatic heterocycles. The van der Waals surface area contributed by atoms with Gasteiger partial charge in [0.15, 0.2) is 0 Å². The molecule has 0 aromatic rings. The smallest absolute Gasteiger partial charge is 0.0467 e. The first kappa shape index (κ1) is 29.2. The van der Waals surface area contributed by atoms with Crippen molar-refractivity contribution in [2.24, 2.45) is 0 Å². The van der Waals surface area contributed by atoms with Crippen LogP contribution in [0.2, 0.25) is 0 Å². The fourth-order valence-electron chi connectivity index (χ4n) is 0.136. The molecule has 92 valence electrons. The van der Waals surface area contributed by atoms with Gasteiger partial charge in [-0.05, 0) is 20.8 Å². The van der Waals surface area contributed by atoms with Crippen molar-refractivity contribution in [2.75, 3.05) is 0 Å². The molecule has 0 rings (SSSR count). The summed E-state index contributed by atoms with van der Waals surface area (Å²) in [7, 11) is 0. The third kappa shape index (κ3) is 1690. The molecule has 15 heavy (non-hydrogen) atoms. The number of rotatable bonds is 1. The van der Waals surface area contributed by atoms with E-state index in [1.165, 1.54) is 0 Å². The summed E-state index contributed by atoms with van der Waals surface area (Å²) < 4.78 is 0. The summed E-state index contributed by atoms with van der Waals surface area (Å²) in [5.41, 5.74) is 0. The molecular formula is C15H32. The maximum absolute atomic E-state index is 3.46. The summed E-state index contributed by atoms with van der Waals surface area (Å²) in [6.45, 7) is 23.9. The van der Waals surface area contributed by atoms with E-state index in [4.69, 9.17) is 0 Å². The second-order valence-corrected chi connectivity index (χ2v) is 1.58. The van der Waals surface area contributed by atoms with Crippen molar-refractivity contribution in [3.63, 3.8) is 0 Å². The van der Waals surface area contributed by atoms with E-state index in [2.05, 4.69) is 19.7 Å². The van der Waals surface area contributed by atoms with E-state index in [0.29, 0.717) is 0 Å². The Kier molecular flexibility index (Phi) is 230. The Labute approximate surface area is 99.1 Å². The third-order valence-corrected chi connectivity index (χ3v) is 0.329. The summed E-state index contributed by atoms with van der Waals surface area (Å²) in [5, 5.41) is 0. The predicted molar refractivity (Wildman–Crippen MR) is 79.4 cm³/mol. The van der Waals surface area contributed by atoms with Crippen LogP contribution in [0.15, 0.2) is 50.1 Å². The third-order valence-electron chi connectivity index (χ3n) is 0.329. The highest BCUT2D eigenvalue weighted by atomic mass is 13.5. The zero-order valence-electron chi connectivity index (χ0n) is 12.0. The van der Waals surface area contributed by atoms with Crippen LogP contribution in [-0.4, -0.2) is 0 Å². The lowest BCUT2D eigenvalue weighted by Gasteiger charge is -1.56. The van der Waals surface area contributed by atoms with Gasteiger partial charge in [0, 0.05) is 0 Å². The normalized spacial score (nSPS) is 5.53. The van der Waals surface area contributed by atoms with Crippen molar-refractivity contribution in [1.29, 1.82) is 0 Å². The first-order valence-corrected chi connectivity index (χ1v) is 5.62. The molecule has 0 amide bonds. The van der Waals surface area contributed by atoms with Crippen LogP contribution < -0.4 is 0 Å². The lowest BCUT2D eigenvalue weighted by Crippen LogP contribution is -1.33. The van der Waals surface area contributed by atoms with Gasteiger partial charge in [-0.2, -0.15) is 0 Å². The van der Waals surface area contributed by atoms with E-state index in [-0.39, 0.29) is 0 Å². The molecule has 0 heterocycles. The molecule has 0 saturated carbocycles.